The van der Waals surface area contributed by atoms with E-state index in [2.05, 4.69) is 4.90 Å². The summed E-state index contributed by atoms with van der Waals surface area (Å²) in [5.41, 5.74) is 7.17. The quantitative estimate of drug-likeness (QED) is 0.852. The minimum absolute atomic E-state index is 0.217. The highest BCUT2D eigenvalue weighted by Gasteiger charge is 2.26. The molecule has 4 nitrogen and oxygen atoms in total. The average Bonchev–Trinajstić information content (AvgIpc) is 2.89. The fraction of sp³-hybridized carbons (Fsp3) is 0.533. The Hall–Kier alpha value is -1.55. The Bertz CT molecular complexity index is 440. The topological polar surface area (TPSA) is 66.6 Å². The van der Waals surface area contributed by atoms with E-state index < -0.39 is 6.10 Å². The molecule has 4 heteroatoms. The molecule has 0 spiro atoms. The second-order valence-electron chi connectivity index (χ2n) is 5.27. The van der Waals surface area contributed by atoms with E-state index in [0.29, 0.717) is 6.04 Å². The first-order valence-corrected chi connectivity index (χ1v) is 6.91. The summed E-state index contributed by atoms with van der Waals surface area (Å²) in [5.74, 6) is -0.327. The number of para-hydroxylation sites is 1. The molecule has 1 atom stereocenters. The van der Waals surface area contributed by atoms with Gasteiger partial charge in [-0.2, -0.15) is 0 Å². The zero-order valence-electron chi connectivity index (χ0n) is 11.4. The number of carbonyl (C=O) groups excluding carboxylic acids is 1. The van der Waals surface area contributed by atoms with Crippen LogP contribution in [0.5, 0.6) is 0 Å². The Balaban J connectivity index is 2.33. The zero-order chi connectivity index (χ0) is 13.8. The van der Waals surface area contributed by atoms with E-state index >= 15 is 0 Å². The predicted octanol–water partition coefficient (Wildman–Crippen LogP) is 1.97. The molecule has 1 fully saturated rings. The van der Waals surface area contributed by atoms with Crippen LogP contribution in [0, 0.1) is 0 Å². The Labute approximate surface area is 114 Å². The summed E-state index contributed by atoms with van der Waals surface area (Å²) < 4.78 is 0. The number of anilines is 1. The summed E-state index contributed by atoms with van der Waals surface area (Å²) in [6, 6.07) is 8.06. The van der Waals surface area contributed by atoms with Crippen LogP contribution in [0.2, 0.25) is 0 Å². The molecule has 104 valence electrons. The van der Waals surface area contributed by atoms with Crippen molar-refractivity contribution in [3.63, 3.8) is 0 Å². The number of primary amides is 1. The van der Waals surface area contributed by atoms with Crippen molar-refractivity contribution in [2.45, 2.75) is 44.8 Å². The van der Waals surface area contributed by atoms with Crippen LogP contribution < -0.4 is 10.6 Å². The van der Waals surface area contributed by atoms with Crippen molar-refractivity contribution in [1.29, 1.82) is 0 Å². The first kappa shape index (κ1) is 13.9. The number of hydrogen-bond acceptors (Lipinski definition) is 3. The predicted molar refractivity (Wildman–Crippen MR) is 75.9 cm³/mol. The molecule has 1 aromatic rings. The van der Waals surface area contributed by atoms with Gasteiger partial charge in [-0.1, -0.05) is 31.0 Å². The number of aliphatic hydroxyl groups excluding tert-OH is 1. The van der Waals surface area contributed by atoms with Crippen molar-refractivity contribution in [3.8, 4) is 0 Å². The molecule has 19 heavy (non-hydrogen) atoms. The van der Waals surface area contributed by atoms with E-state index in [0.717, 1.165) is 24.1 Å². The second-order valence-corrected chi connectivity index (χ2v) is 5.27. The Morgan fingerprint density at radius 2 is 2.05 bits per heavy atom. The molecule has 3 N–H and O–H groups in total. The van der Waals surface area contributed by atoms with E-state index in [1.807, 2.05) is 24.3 Å². The van der Waals surface area contributed by atoms with Crippen molar-refractivity contribution >= 4 is 11.6 Å². The van der Waals surface area contributed by atoms with Crippen LogP contribution in [-0.4, -0.2) is 23.6 Å². The SMILES string of the molecule is C[C@@H](O)c1ccccc1N(CC(N)=O)C1CCCC1. The lowest BCUT2D eigenvalue weighted by atomic mass is 10.0. The molecule has 0 aliphatic heterocycles. The third kappa shape index (κ3) is 3.26. The molecule has 1 aliphatic carbocycles. The maximum absolute atomic E-state index is 11.3. The van der Waals surface area contributed by atoms with Gasteiger partial charge in [0.2, 0.25) is 5.91 Å². The molecule has 0 aromatic heterocycles. The van der Waals surface area contributed by atoms with Crippen LogP contribution in [0.15, 0.2) is 24.3 Å². The highest BCUT2D eigenvalue weighted by atomic mass is 16.3. The van der Waals surface area contributed by atoms with Gasteiger partial charge in [-0.3, -0.25) is 4.79 Å². The van der Waals surface area contributed by atoms with E-state index in [1.165, 1.54) is 12.8 Å². The molecule has 1 amide bonds. The van der Waals surface area contributed by atoms with E-state index in [-0.39, 0.29) is 12.5 Å². The Morgan fingerprint density at radius 1 is 1.42 bits per heavy atom. The van der Waals surface area contributed by atoms with E-state index in [1.54, 1.807) is 6.92 Å². The molecule has 1 saturated carbocycles. The molecule has 0 heterocycles. The van der Waals surface area contributed by atoms with Gasteiger partial charge in [0.1, 0.15) is 0 Å². The summed E-state index contributed by atoms with van der Waals surface area (Å²) in [7, 11) is 0. The number of aliphatic hydroxyl groups is 1. The number of benzene rings is 1. The van der Waals surface area contributed by atoms with Gasteiger partial charge < -0.3 is 15.7 Å². The number of rotatable bonds is 5. The lowest BCUT2D eigenvalue weighted by Crippen LogP contribution is -2.40. The van der Waals surface area contributed by atoms with Crippen molar-refractivity contribution in [2.75, 3.05) is 11.4 Å². The van der Waals surface area contributed by atoms with Crippen LogP contribution in [0.4, 0.5) is 5.69 Å². The maximum atomic E-state index is 11.3. The summed E-state index contributed by atoms with van der Waals surface area (Å²) in [4.78, 5) is 13.4. The highest BCUT2D eigenvalue weighted by Crippen LogP contribution is 2.32. The molecule has 1 aromatic carbocycles. The highest BCUT2D eigenvalue weighted by molar-refractivity contribution is 5.80. The third-order valence-electron chi connectivity index (χ3n) is 3.79. The van der Waals surface area contributed by atoms with Crippen LogP contribution in [0.25, 0.3) is 0 Å². The van der Waals surface area contributed by atoms with Crippen molar-refractivity contribution < 1.29 is 9.90 Å². The van der Waals surface area contributed by atoms with Gasteiger partial charge in [-0.25, -0.2) is 0 Å². The van der Waals surface area contributed by atoms with Crippen LogP contribution in [0.3, 0.4) is 0 Å². The van der Waals surface area contributed by atoms with Gasteiger partial charge in [-0.15, -0.1) is 0 Å². The lowest BCUT2D eigenvalue weighted by molar-refractivity contribution is -0.116. The largest absolute Gasteiger partial charge is 0.389 e. The van der Waals surface area contributed by atoms with Crippen molar-refractivity contribution in [2.24, 2.45) is 5.73 Å². The Morgan fingerprint density at radius 3 is 2.63 bits per heavy atom. The molecule has 0 unspecified atom stereocenters. The van der Waals surface area contributed by atoms with E-state index in [4.69, 9.17) is 5.73 Å². The van der Waals surface area contributed by atoms with Crippen LogP contribution in [-0.2, 0) is 4.79 Å². The first-order chi connectivity index (χ1) is 9.09. The number of hydrogen-bond donors (Lipinski definition) is 2. The minimum atomic E-state index is -0.548. The van der Waals surface area contributed by atoms with Gasteiger partial charge >= 0.3 is 0 Å². The molecule has 1 aliphatic rings. The minimum Gasteiger partial charge on any atom is -0.389 e. The molecular formula is C15H22N2O2. The van der Waals surface area contributed by atoms with Crippen LogP contribution in [0.1, 0.15) is 44.3 Å². The number of carbonyl (C=O) groups is 1. The Kier molecular flexibility index (Phi) is 4.43. The average molecular weight is 262 g/mol. The fourth-order valence-corrected chi connectivity index (χ4v) is 2.90. The summed E-state index contributed by atoms with van der Waals surface area (Å²) in [5, 5.41) is 9.89. The molecule has 0 bridgehead atoms. The van der Waals surface area contributed by atoms with Gasteiger partial charge in [0, 0.05) is 17.3 Å². The molecule has 2 rings (SSSR count). The normalized spacial score (nSPS) is 17.4. The van der Waals surface area contributed by atoms with Gasteiger partial charge in [-0.05, 0) is 25.8 Å². The molecule has 0 radical (unpaired) electrons. The maximum Gasteiger partial charge on any atom is 0.236 e. The zero-order valence-corrected chi connectivity index (χ0v) is 11.4. The summed E-state index contributed by atoms with van der Waals surface area (Å²) in [6.07, 6.45) is 4.00. The van der Waals surface area contributed by atoms with Gasteiger partial charge in [0.15, 0.2) is 0 Å². The summed E-state index contributed by atoms with van der Waals surface area (Å²) >= 11 is 0. The number of nitrogens with two attached hydrogens (primary N) is 1. The van der Waals surface area contributed by atoms with Gasteiger partial charge in [0.25, 0.3) is 0 Å². The van der Waals surface area contributed by atoms with Crippen molar-refractivity contribution in [3.05, 3.63) is 29.8 Å². The number of nitrogens with zero attached hydrogens (tertiary/aromatic N) is 1. The first-order valence-electron chi connectivity index (χ1n) is 6.91. The van der Waals surface area contributed by atoms with Gasteiger partial charge in [0.05, 0.1) is 12.6 Å². The smallest absolute Gasteiger partial charge is 0.236 e. The standard InChI is InChI=1S/C15H22N2O2/c1-11(18)13-8-4-5-9-14(13)17(10-15(16)19)12-6-2-3-7-12/h4-5,8-9,11-12,18H,2-3,6-7,10H2,1H3,(H2,16,19)/t11-/m1/s1. The summed E-state index contributed by atoms with van der Waals surface area (Å²) in [6.45, 7) is 1.96. The fourth-order valence-electron chi connectivity index (χ4n) is 2.90. The van der Waals surface area contributed by atoms with Crippen molar-refractivity contribution in [1.82, 2.24) is 0 Å². The lowest BCUT2D eigenvalue weighted by Gasteiger charge is -2.32. The number of amides is 1. The second kappa shape index (κ2) is 6.06. The monoisotopic (exact) mass is 262 g/mol. The van der Waals surface area contributed by atoms with E-state index in [9.17, 15) is 9.90 Å². The molecular weight excluding hydrogens is 240 g/mol. The molecule has 0 saturated heterocycles. The third-order valence-corrected chi connectivity index (χ3v) is 3.79. The van der Waals surface area contributed by atoms with Crippen LogP contribution >= 0.6 is 0 Å².